The van der Waals surface area contributed by atoms with Crippen LogP contribution in [0.5, 0.6) is 5.75 Å². The molecule has 8 atom stereocenters. The second kappa shape index (κ2) is 24.9. The van der Waals surface area contributed by atoms with E-state index in [0.29, 0.717) is 12.2 Å². The first kappa shape index (κ1) is 54.4. The van der Waals surface area contributed by atoms with E-state index >= 15 is 9.59 Å². The van der Waals surface area contributed by atoms with Gasteiger partial charge in [0.2, 0.25) is 29.5 Å². The Bertz CT molecular complexity index is 2410. The van der Waals surface area contributed by atoms with Crippen molar-refractivity contribution in [2.75, 3.05) is 37.4 Å². The number of benzene rings is 2. The maximum atomic E-state index is 15.5. The van der Waals surface area contributed by atoms with Gasteiger partial charge in [0.1, 0.15) is 47.3 Å². The lowest BCUT2D eigenvalue weighted by molar-refractivity contribution is -0.157. The van der Waals surface area contributed by atoms with Crippen molar-refractivity contribution in [3.8, 4) is 5.75 Å². The van der Waals surface area contributed by atoms with Crippen LogP contribution in [0.15, 0.2) is 72.9 Å². The number of thioether (sulfide) groups is 1. The number of hydrogen-bond acceptors (Lipinski definition) is 13. The number of rotatable bonds is 14. The summed E-state index contributed by atoms with van der Waals surface area (Å²) in [6.45, 7) is 6.48. The number of nitrogens with zero attached hydrogens (tertiary/aromatic N) is 4. The highest BCUT2D eigenvalue weighted by molar-refractivity contribution is 7.99. The zero-order chi connectivity index (χ0) is 51.4. The Morgan fingerprint density at radius 2 is 1.65 bits per heavy atom. The first-order valence-electron chi connectivity index (χ1n) is 24.5. The molecule has 3 aliphatic heterocycles. The number of ketones is 1. The molecule has 0 spiro atoms. The smallest absolute Gasteiger partial charge is 0.333 e. The minimum Gasteiger partial charge on any atom is -0.505 e. The van der Waals surface area contributed by atoms with Gasteiger partial charge >= 0.3 is 5.97 Å². The number of hydrogen-bond donors (Lipinski definition) is 5. The lowest BCUT2D eigenvalue weighted by Gasteiger charge is -2.42. The second-order valence-electron chi connectivity index (χ2n) is 18.9. The van der Waals surface area contributed by atoms with Crippen LogP contribution in [0.3, 0.4) is 0 Å². The monoisotopic (exact) mass is 1010 g/mol. The van der Waals surface area contributed by atoms with Crippen molar-refractivity contribution in [2.24, 2.45) is 5.92 Å². The Morgan fingerprint density at radius 3 is 2.34 bits per heavy atom. The molecule has 1 aromatic heterocycles. The summed E-state index contributed by atoms with van der Waals surface area (Å²) in [6.07, 6.45) is 4.18. The predicted octanol–water partition coefficient (Wildman–Crippen LogP) is 4.35. The number of ether oxygens (including phenoxy) is 1. The summed E-state index contributed by atoms with van der Waals surface area (Å²) in [4.78, 5) is 125. The molecule has 6 amide bonds. The molecule has 4 N–H and O–H groups in total. The Balaban J connectivity index is 1.45. The largest absolute Gasteiger partial charge is 0.505 e. The van der Waals surface area contributed by atoms with Crippen LogP contribution in [0, 0.1) is 12.8 Å². The third kappa shape index (κ3) is 13.3. The van der Waals surface area contributed by atoms with E-state index in [1.807, 2.05) is 31.2 Å². The van der Waals surface area contributed by atoms with Crippen molar-refractivity contribution in [3.63, 3.8) is 0 Å². The molecule has 0 radical (unpaired) electrons. The first-order valence-corrected chi connectivity index (χ1v) is 26.2. The number of aryl methyl sites for hydroxylation is 1. The molecule has 3 aliphatic rings. The van der Waals surface area contributed by atoms with Crippen molar-refractivity contribution in [2.45, 2.75) is 127 Å². The van der Waals surface area contributed by atoms with Gasteiger partial charge in [-0.25, -0.2) is 9.78 Å². The van der Waals surface area contributed by atoms with E-state index < -0.39 is 101 Å². The number of amides is 6. The third-order valence-electron chi connectivity index (χ3n) is 13.8. The van der Waals surface area contributed by atoms with E-state index in [0.717, 1.165) is 48.3 Å². The summed E-state index contributed by atoms with van der Waals surface area (Å²) in [7, 11) is 1.50. The molecule has 3 aromatic rings. The predicted molar refractivity (Wildman–Crippen MR) is 271 cm³/mol. The minimum atomic E-state index is -1.71. The van der Waals surface area contributed by atoms with E-state index in [4.69, 9.17) is 4.74 Å². The van der Waals surface area contributed by atoms with Gasteiger partial charge in [-0.15, -0.1) is 0 Å². The number of carbonyl (C=O) groups excluding carboxylic acids is 8. The fraction of sp³-hybridized carbons (Fsp3) is 0.519. The van der Waals surface area contributed by atoms with Crippen molar-refractivity contribution in [1.82, 2.24) is 35.6 Å². The number of Topliss-reactive ketones (excluding diaryl/α,β-unsaturated/α-hetero) is 1. The number of fused-ring (bicyclic) bond motifs is 2. The van der Waals surface area contributed by atoms with Crippen LogP contribution in [0.1, 0.15) is 105 Å². The number of carbonyl (C=O) groups is 8. The summed E-state index contributed by atoms with van der Waals surface area (Å²) in [5, 5.41) is 18.6. The van der Waals surface area contributed by atoms with Gasteiger partial charge < -0.3 is 40.5 Å². The Hall–Kier alpha value is -5.95. The molecule has 17 nitrogen and oxygen atoms in total. The van der Waals surface area contributed by atoms with E-state index in [-0.39, 0.29) is 50.1 Å². The molecule has 0 aliphatic carbocycles. The summed E-state index contributed by atoms with van der Waals surface area (Å²) in [5.41, 5.74) is -0.128. The van der Waals surface area contributed by atoms with Crippen LogP contribution in [0.4, 0.5) is 0 Å². The van der Waals surface area contributed by atoms with Gasteiger partial charge in [-0.2, -0.15) is 24.4 Å². The highest BCUT2D eigenvalue weighted by Crippen LogP contribution is 2.30. The van der Waals surface area contributed by atoms with Gasteiger partial charge in [-0.05, 0) is 87.6 Å². The van der Waals surface area contributed by atoms with Gasteiger partial charge in [0.15, 0.2) is 11.7 Å². The number of nitrogens with one attached hydrogen (secondary N) is 3. The van der Waals surface area contributed by atoms with E-state index in [9.17, 15) is 33.9 Å². The molecule has 4 heterocycles. The number of likely N-dealkylation sites (N-methyl/N-ethyl adjacent to an activating group) is 1. The molecular formula is C52H67N7O10S2. The number of thiol groups is 1. The maximum absolute atomic E-state index is 15.5. The van der Waals surface area contributed by atoms with E-state index in [2.05, 4.69) is 33.6 Å². The lowest BCUT2D eigenvalue weighted by Crippen LogP contribution is -2.65. The number of aromatic nitrogens is 1. The number of piperidine rings is 1. The second-order valence-corrected chi connectivity index (χ2v) is 20.5. The van der Waals surface area contributed by atoms with Gasteiger partial charge in [-0.1, -0.05) is 79.9 Å². The summed E-state index contributed by atoms with van der Waals surface area (Å²) in [5.74, 6) is -4.87. The lowest BCUT2D eigenvalue weighted by atomic mass is 9.90. The molecular weight excluding hydrogens is 947 g/mol. The van der Waals surface area contributed by atoms with Crippen molar-refractivity contribution >= 4 is 71.6 Å². The zero-order valence-corrected chi connectivity index (χ0v) is 42.8. The molecule has 71 heavy (non-hydrogen) atoms. The van der Waals surface area contributed by atoms with Crippen LogP contribution in [-0.2, 0) is 44.7 Å². The number of cyclic esters (lactones) is 1. The SMILES string of the molecule is CC[C@]1(C)NC(=O)[C@@H](NC(=O)c2ncccc2O)[C@@H](C)OC(=O)[C@H](c2ccccc2)NC(=O)[C@@H]2CC(=O)C(CSCCCCCCS)CN2C(=O)[C@H](Cc2ccc(C)cc2)N(C)C(=O)[C@@H]2CCCN2C1=O. The van der Waals surface area contributed by atoms with Crippen LogP contribution >= 0.6 is 24.4 Å². The topological polar surface area (TPSA) is 225 Å². The Labute approximate surface area is 425 Å². The summed E-state index contributed by atoms with van der Waals surface area (Å²) in [6, 6.07) is 11.4. The van der Waals surface area contributed by atoms with Crippen molar-refractivity contribution in [1.29, 1.82) is 0 Å². The maximum Gasteiger partial charge on any atom is 0.333 e. The highest BCUT2D eigenvalue weighted by atomic mass is 32.2. The minimum absolute atomic E-state index is 0.0297. The van der Waals surface area contributed by atoms with Crippen LogP contribution in [-0.4, -0.2) is 145 Å². The molecule has 2 aromatic carbocycles. The van der Waals surface area contributed by atoms with Crippen molar-refractivity contribution < 1.29 is 48.2 Å². The summed E-state index contributed by atoms with van der Waals surface area (Å²) < 4.78 is 5.97. The Morgan fingerprint density at radius 1 is 0.930 bits per heavy atom. The summed E-state index contributed by atoms with van der Waals surface area (Å²) >= 11 is 5.91. The van der Waals surface area contributed by atoms with Crippen LogP contribution in [0.2, 0.25) is 0 Å². The van der Waals surface area contributed by atoms with Gasteiger partial charge in [0.05, 0.1) is 0 Å². The van der Waals surface area contributed by atoms with Gasteiger partial charge in [0, 0.05) is 50.8 Å². The van der Waals surface area contributed by atoms with Gasteiger partial charge in [0.25, 0.3) is 5.91 Å². The van der Waals surface area contributed by atoms with Gasteiger partial charge in [-0.3, -0.25) is 33.6 Å². The number of unbranched alkanes of at least 4 members (excludes halogenated alkanes) is 3. The molecule has 0 bridgehead atoms. The van der Waals surface area contributed by atoms with E-state index in [1.54, 1.807) is 49.0 Å². The molecule has 0 saturated carbocycles. The molecule has 1 unspecified atom stereocenters. The number of esters is 1. The highest BCUT2D eigenvalue weighted by Gasteiger charge is 2.49. The quantitative estimate of drug-likeness (QED) is 0.0864. The number of pyridine rings is 1. The van der Waals surface area contributed by atoms with Crippen molar-refractivity contribution in [3.05, 3.63) is 95.3 Å². The molecule has 3 fully saturated rings. The van der Waals surface area contributed by atoms with E-state index in [1.165, 1.54) is 53.9 Å². The molecule has 3 saturated heterocycles. The zero-order valence-electron chi connectivity index (χ0n) is 41.1. The molecule has 382 valence electrons. The Kier molecular flexibility index (Phi) is 19.1. The average Bonchev–Trinajstić information content (AvgIpc) is 3.86. The fourth-order valence-corrected chi connectivity index (χ4v) is 10.6. The third-order valence-corrected chi connectivity index (χ3v) is 15.3. The normalized spacial score (nSPS) is 26.1. The molecule has 6 rings (SSSR count). The molecule has 19 heteroatoms. The fourth-order valence-electron chi connectivity index (χ4n) is 9.26. The van der Waals surface area contributed by atoms with Crippen LogP contribution in [0.25, 0.3) is 0 Å². The average molecular weight is 1010 g/mol. The van der Waals surface area contributed by atoms with Crippen LogP contribution < -0.4 is 16.0 Å². The first-order chi connectivity index (χ1) is 34.0. The number of aromatic hydroxyl groups is 1. The standard InChI is InChI=1S/C52H67N7O10S2/c1-6-52(4)51(68)58-25-15-18-37(58)48(65)57(5)39(28-34-22-20-32(2)21-23-34)49(66)59-30-36(31-71-27-13-8-7-12-26-70)41(61)29-38(59)45(62)55-43(35-16-10-9-11-17-35)50(67)69-33(3)42(47(64)56-52)54-46(63)44-40(60)19-14-24-53-44/h9-11,14,16-17,19-24,33,36-39,42-43,60,70H,6-8,12-13,15,18,25-31H2,1-5H3,(H,54,63)(H,55,62)(H,56,64)/t33-,36?,37+,38+,39+,42+,43+,52+/m1/s1.